The molecule has 0 aliphatic rings. The normalized spacial score (nSPS) is 12.2. The molecule has 3 nitrogen and oxygen atoms in total. The highest BCUT2D eigenvalue weighted by Gasteiger charge is 2.18. The molecule has 0 radical (unpaired) electrons. The molecule has 1 N–H and O–H groups in total. The summed E-state index contributed by atoms with van der Waals surface area (Å²) in [4.78, 5) is 13.0. The fraction of sp³-hybridized carbons (Fsp3) is 0.136. The highest BCUT2D eigenvalue weighted by molar-refractivity contribution is 7.17. The predicted octanol–water partition coefficient (Wildman–Crippen LogP) is 5.24. The van der Waals surface area contributed by atoms with E-state index < -0.39 is 0 Å². The summed E-state index contributed by atoms with van der Waals surface area (Å²) in [6.07, 6.45) is 0. The van der Waals surface area contributed by atoms with Gasteiger partial charge in [0, 0.05) is 6.54 Å². The van der Waals surface area contributed by atoms with Crippen molar-refractivity contribution in [1.29, 1.82) is 0 Å². The van der Waals surface area contributed by atoms with E-state index >= 15 is 0 Å². The maximum Gasteiger partial charge on any atom is 0.268 e. The van der Waals surface area contributed by atoms with E-state index in [1.807, 2.05) is 61.5 Å². The van der Waals surface area contributed by atoms with Gasteiger partial charge in [0.2, 0.25) is 0 Å². The average Bonchev–Trinajstić information content (AvgIpc) is 3.26. The molecule has 4 aromatic rings. The summed E-state index contributed by atoms with van der Waals surface area (Å²) in [6, 6.07) is 24.3. The Hall–Kier alpha value is -2.85. The minimum absolute atomic E-state index is 0.0400. The van der Waals surface area contributed by atoms with Gasteiger partial charge in [0.05, 0.1) is 16.3 Å². The van der Waals surface area contributed by atoms with Crippen molar-refractivity contribution in [2.75, 3.05) is 0 Å². The van der Waals surface area contributed by atoms with E-state index in [-0.39, 0.29) is 11.9 Å². The largest absolute Gasteiger partial charge is 0.344 e. The molecule has 1 atom stereocenters. The van der Waals surface area contributed by atoms with Crippen LogP contribution in [0, 0.1) is 0 Å². The van der Waals surface area contributed by atoms with Gasteiger partial charge in [-0.2, -0.15) is 0 Å². The summed E-state index contributed by atoms with van der Waals surface area (Å²) in [7, 11) is 0. The van der Waals surface area contributed by atoms with E-state index in [1.54, 1.807) is 11.3 Å². The first kappa shape index (κ1) is 16.6. The van der Waals surface area contributed by atoms with Gasteiger partial charge < -0.3 is 9.88 Å². The molecular weight excluding hydrogens is 340 g/mol. The van der Waals surface area contributed by atoms with Crippen LogP contribution in [0.2, 0.25) is 0 Å². The van der Waals surface area contributed by atoms with Gasteiger partial charge in [-0.05, 0) is 35.6 Å². The van der Waals surface area contributed by atoms with Crippen LogP contribution in [0.4, 0.5) is 0 Å². The van der Waals surface area contributed by atoms with Crippen molar-refractivity contribution >= 4 is 27.5 Å². The van der Waals surface area contributed by atoms with Crippen LogP contribution in [0.25, 0.3) is 10.2 Å². The summed E-state index contributed by atoms with van der Waals surface area (Å²) in [5.74, 6) is -0.0410. The van der Waals surface area contributed by atoms with Crippen LogP contribution in [0.15, 0.2) is 78.2 Å². The number of thiophene rings is 1. The molecule has 0 aliphatic heterocycles. The van der Waals surface area contributed by atoms with Crippen molar-refractivity contribution < 1.29 is 4.79 Å². The van der Waals surface area contributed by atoms with E-state index in [9.17, 15) is 4.79 Å². The Morgan fingerprint density at radius 1 is 1.04 bits per heavy atom. The van der Waals surface area contributed by atoms with Gasteiger partial charge in [-0.25, -0.2) is 0 Å². The Labute approximate surface area is 156 Å². The predicted molar refractivity (Wildman–Crippen MR) is 108 cm³/mol. The number of benzene rings is 2. The van der Waals surface area contributed by atoms with Crippen LogP contribution in [0.5, 0.6) is 0 Å². The number of carbonyl (C=O) groups is 1. The first-order valence-corrected chi connectivity index (χ1v) is 9.57. The minimum atomic E-state index is -0.0410. The lowest BCUT2D eigenvalue weighted by Crippen LogP contribution is -2.28. The average molecular weight is 360 g/mol. The van der Waals surface area contributed by atoms with Crippen molar-refractivity contribution in [2.45, 2.75) is 19.5 Å². The fourth-order valence-corrected chi connectivity index (χ4v) is 4.02. The lowest BCUT2D eigenvalue weighted by Gasteiger charge is -2.16. The third kappa shape index (κ3) is 3.28. The van der Waals surface area contributed by atoms with E-state index in [4.69, 9.17) is 0 Å². The van der Waals surface area contributed by atoms with Crippen LogP contribution >= 0.6 is 11.3 Å². The van der Waals surface area contributed by atoms with Crippen molar-refractivity contribution in [3.8, 4) is 0 Å². The molecule has 2 aromatic heterocycles. The molecular formula is C22H20N2OS. The molecule has 0 aliphatic carbocycles. The van der Waals surface area contributed by atoms with Crippen LogP contribution in [0.1, 0.15) is 34.6 Å². The summed E-state index contributed by atoms with van der Waals surface area (Å²) in [6.45, 7) is 2.70. The molecule has 2 aromatic carbocycles. The zero-order valence-corrected chi connectivity index (χ0v) is 15.4. The number of rotatable bonds is 5. The Morgan fingerprint density at radius 3 is 2.46 bits per heavy atom. The van der Waals surface area contributed by atoms with Gasteiger partial charge in [-0.3, -0.25) is 4.79 Å². The van der Waals surface area contributed by atoms with E-state index in [0.717, 1.165) is 15.8 Å². The molecule has 4 heteroatoms. The number of hydrogen-bond donors (Lipinski definition) is 1. The number of carbonyl (C=O) groups excluding carboxylic acids is 1. The third-order valence-electron chi connectivity index (χ3n) is 4.59. The summed E-state index contributed by atoms with van der Waals surface area (Å²) >= 11 is 1.66. The first-order valence-electron chi connectivity index (χ1n) is 8.69. The zero-order valence-electron chi connectivity index (χ0n) is 14.6. The second kappa shape index (κ2) is 7.18. The van der Waals surface area contributed by atoms with Gasteiger partial charge in [0.15, 0.2) is 0 Å². The molecule has 0 spiro atoms. The van der Waals surface area contributed by atoms with Gasteiger partial charge in [0.1, 0.15) is 5.69 Å². The lowest BCUT2D eigenvalue weighted by atomic mass is 10.1. The second-order valence-electron chi connectivity index (χ2n) is 6.38. The maximum absolute atomic E-state index is 13.0. The first-order chi connectivity index (χ1) is 12.7. The number of fused-ring (bicyclic) bond motifs is 1. The third-order valence-corrected chi connectivity index (χ3v) is 5.44. The number of amides is 1. The highest BCUT2D eigenvalue weighted by Crippen LogP contribution is 2.27. The molecule has 26 heavy (non-hydrogen) atoms. The van der Waals surface area contributed by atoms with Crippen molar-refractivity contribution in [3.63, 3.8) is 0 Å². The summed E-state index contributed by atoms with van der Waals surface area (Å²) < 4.78 is 3.24. The van der Waals surface area contributed by atoms with Crippen LogP contribution in [-0.2, 0) is 6.54 Å². The van der Waals surface area contributed by atoms with Crippen LogP contribution in [-0.4, -0.2) is 10.5 Å². The molecule has 4 rings (SSSR count). The minimum Gasteiger partial charge on any atom is -0.344 e. The molecule has 0 saturated carbocycles. The van der Waals surface area contributed by atoms with E-state index in [1.165, 1.54) is 5.56 Å². The van der Waals surface area contributed by atoms with Crippen LogP contribution in [0.3, 0.4) is 0 Å². The SMILES string of the molecule is CC(NC(=O)c1cc2sccc2n1Cc1ccccc1)c1ccccc1. The van der Waals surface area contributed by atoms with Crippen molar-refractivity contribution in [3.05, 3.63) is 95.0 Å². The molecule has 0 fully saturated rings. The molecule has 2 heterocycles. The Morgan fingerprint density at radius 2 is 1.73 bits per heavy atom. The second-order valence-corrected chi connectivity index (χ2v) is 7.32. The van der Waals surface area contributed by atoms with Crippen LogP contribution < -0.4 is 5.32 Å². The lowest BCUT2D eigenvalue weighted by molar-refractivity contribution is 0.0931. The Balaban J connectivity index is 1.64. The standard InChI is InChI=1S/C22H20N2OS/c1-16(18-10-6-3-7-11-18)23-22(25)20-14-21-19(12-13-26-21)24(20)15-17-8-4-2-5-9-17/h2-14,16H,15H2,1H3,(H,23,25). The highest BCUT2D eigenvalue weighted by atomic mass is 32.1. The molecule has 0 bridgehead atoms. The van der Waals surface area contributed by atoms with Gasteiger partial charge in [-0.15, -0.1) is 11.3 Å². The van der Waals surface area contributed by atoms with Gasteiger partial charge in [0.25, 0.3) is 5.91 Å². The number of nitrogens with one attached hydrogen (secondary N) is 1. The summed E-state index contributed by atoms with van der Waals surface area (Å²) in [5.41, 5.74) is 4.10. The number of nitrogens with zero attached hydrogens (tertiary/aromatic N) is 1. The summed E-state index contributed by atoms with van der Waals surface area (Å²) in [5, 5.41) is 5.20. The molecule has 0 saturated heterocycles. The fourth-order valence-electron chi connectivity index (χ4n) is 3.20. The van der Waals surface area contributed by atoms with Crippen molar-refractivity contribution in [1.82, 2.24) is 9.88 Å². The Kier molecular flexibility index (Phi) is 4.59. The zero-order chi connectivity index (χ0) is 17.9. The van der Waals surface area contributed by atoms with E-state index in [2.05, 4.69) is 33.5 Å². The smallest absolute Gasteiger partial charge is 0.268 e. The molecule has 1 unspecified atom stereocenters. The number of hydrogen-bond acceptors (Lipinski definition) is 2. The van der Waals surface area contributed by atoms with Gasteiger partial charge in [-0.1, -0.05) is 60.7 Å². The quantitative estimate of drug-likeness (QED) is 0.519. The molecule has 1 amide bonds. The Bertz CT molecular complexity index is 1020. The topological polar surface area (TPSA) is 34.0 Å². The monoisotopic (exact) mass is 360 g/mol. The van der Waals surface area contributed by atoms with E-state index in [0.29, 0.717) is 12.2 Å². The maximum atomic E-state index is 13.0. The van der Waals surface area contributed by atoms with Crippen molar-refractivity contribution in [2.24, 2.45) is 0 Å². The number of aromatic nitrogens is 1. The molecule has 130 valence electrons. The van der Waals surface area contributed by atoms with Gasteiger partial charge >= 0.3 is 0 Å².